The zero-order chi connectivity index (χ0) is 26.0. The van der Waals surface area contributed by atoms with Crippen molar-refractivity contribution in [3.05, 3.63) is 135 Å². The standard InChI is InChI=1S/C31H20ClN3O2/c32-25-4-3-5-26(16-25)35-29(36)27-6-1-2-7-28(27)31(30(35)37,17-21-8-12-23(19-33)13-9-21)18-22-10-14-24(20-34)15-11-22/h1-16H,17-18H2. The van der Waals surface area contributed by atoms with Crippen LogP contribution in [0, 0.1) is 22.7 Å². The minimum atomic E-state index is -1.13. The summed E-state index contributed by atoms with van der Waals surface area (Å²) in [4.78, 5) is 29.5. The van der Waals surface area contributed by atoms with Gasteiger partial charge in [-0.3, -0.25) is 9.59 Å². The van der Waals surface area contributed by atoms with E-state index < -0.39 is 11.3 Å². The molecule has 0 saturated heterocycles. The second kappa shape index (κ2) is 9.74. The highest BCUT2D eigenvalue weighted by atomic mass is 35.5. The molecule has 0 bridgehead atoms. The lowest BCUT2D eigenvalue weighted by Crippen LogP contribution is -2.56. The largest absolute Gasteiger partial charge is 0.273 e. The molecule has 178 valence electrons. The first-order valence-corrected chi connectivity index (χ1v) is 12.0. The van der Waals surface area contributed by atoms with Gasteiger partial charge < -0.3 is 0 Å². The molecule has 5 rings (SSSR count). The zero-order valence-corrected chi connectivity index (χ0v) is 20.4. The normalized spacial score (nSPS) is 14.0. The van der Waals surface area contributed by atoms with Gasteiger partial charge >= 0.3 is 0 Å². The maximum absolute atomic E-state index is 14.5. The molecule has 0 N–H and O–H groups in total. The number of nitriles is 2. The summed E-state index contributed by atoms with van der Waals surface area (Å²) >= 11 is 6.25. The van der Waals surface area contributed by atoms with Crippen molar-refractivity contribution in [1.29, 1.82) is 10.5 Å². The molecule has 6 heteroatoms. The zero-order valence-electron chi connectivity index (χ0n) is 19.7. The van der Waals surface area contributed by atoms with Gasteiger partial charge in [-0.05, 0) is 78.1 Å². The monoisotopic (exact) mass is 501 g/mol. The van der Waals surface area contributed by atoms with Crippen molar-refractivity contribution in [2.45, 2.75) is 18.3 Å². The number of rotatable bonds is 5. The lowest BCUT2D eigenvalue weighted by Gasteiger charge is -2.42. The summed E-state index contributed by atoms with van der Waals surface area (Å²) < 4.78 is 0. The Morgan fingerprint density at radius 3 is 1.84 bits per heavy atom. The third-order valence-electron chi connectivity index (χ3n) is 6.73. The first-order valence-electron chi connectivity index (χ1n) is 11.7. The maximum atomic E-state index is 14.5. The molecule has 0 saturated carbocycles. The number of hydrogen-bond acceptors (Lipinski definition) is 4. The van der Waals surface area contributed by atoms with E-state index in [2.05, 4.69) is 12.1 Å². The van der Waals surface area contributed by atoms with Crippen molar-refractivity contribution < 1.29 is 9.59 Å². The second-order valence-corrected chi connectivity index (χ2v) is 9.46. The molecule has 4 aromatic rings. The van der Waals surface area contributed by atoms with E-state index in [1.807, 2.05) is 36.4 Å². The summed E-state index contributed by atoms with van der Waals surface area (Å²) in [5.41, 5.74) is 3.14. The summed E-state index contributed by atoms with van der Waals surface area (Å²) in [6, 6.07) is 32.4. The SMILES string of the molecule is N#Cc1ccc(CC2(Cc3ccc(C#N)cc3)C(=O)N(c3cccc(Cl)c3)C(=O)c3ccccc32)cc1. The maximum Gasteiger partial charge on any atom is 0.265 e. The Balaban J connectivity index is 1.73. The molecule has 0 aliphatic carbocycles. The van der Waals surface area contributed by atoms with Crippen LogP contribution in [0.4, 0.5) is 5.69 Å². The Bertz CT molecular complexity index is 1540. The number of fused-ring (bicyclic) bond motifs is 1. The van der Waals surface area contributed by atoms with Gasteiger partial charge in [-0.15, -0.1) is 0 Å². The Hall–Kier alpha value is -4.71. The molecule has 2 amide bonds. The fourth-order valence-electron chi connectivity index (χ4n) is 4.97. The van der Waals surface area contributed by atoms with E-state index in [4.69, 9.17) is 11.6 Å². The van der Waals surface area contributed by atoms with E-state index in [0.29, 0.717) is 45.8 Å². The minimum Gasteiger partial charge on any atom is -0.273 e. The lowest BCUT2D eigenvalue weighted by molar-refractivity contribution is -0.123. The van der Waals surface area contributed by atoms with Gasteiger partial charge in [0.2, 0.25) is 5.91 Å². The van der Waals surface area contributed by atoms with Crippen molar-refractivity contribution in [3.8, 4) is 12.1 Å². The predicted octanol–water partition coefficient (Wildman–Crippen LogP) is 5.99. The Morgan fingerprint density at radius 2 is 1.30 bits per heavy atom. The van der Waals surface area contributed by atoms with Crippen molar-refractivity contribution in [3.63, 3.8) is 0 Å². The van der Waals surface area contributed by atoms with Gasteiger partial charge in [0, 0.05) is 10.6 Å². The van der Waals surface area contributed by atoms with Gasteiger partial charge in [0.15, 0.2) is 0 Å². The lowest BCUT2D eigenvalue weighted by atomic mass is 9.66. The summed E-state index contributed by atoms with van der Waals surface area (Å²) in [7, 11) is 0. The number of halogens is 1. The fourth-order valence-corrected chi connectivity index (χ4v) is 5.16. The van der Waals surface area contributed by atoms with E-state index >= 15 is 0 Å². The van der Waals surface area contributed by atoms with Crippen LogP contribution in [0.5, 0.6) is 0 Å². The average Bonchev–Trinajstić information content (AvgIpc) is 2.93. The molecule has 0 radical (unpaired) electrons. The van der Waals surface area contributed by atoms with Gasteiger partial charge in [0.25, 0.3) is 5.91 Å². The number of nitrogens with zero attached hydrogens (tertiary/aromatic N) is 3. The first-order chi connectivity index (χ1) is 17.9. The van der Waals surface area contributed by atoms with Crippen LogP contribution in [0.3, 0.4) is 0 Å². The van der Waals surface area contributed by atoms with Gasteiger partial charge in [0.05, 0.1) is 34.4 Å². The topological polar surface area (TPSA) is 85.0 Å². The Morgan fingerprint density at radius 1 is 0.730 bits per heavy atom. The summed E-state index contributed by atoms with van der Waals surface area (Å²) in [6.07, 6.45) is 0.609. The number of imide groups is 1. The molecule has 1 aliphatic heterocycles. The second-order valence-electron chi connectivity index (χ2n) is 9.02. The smallest absolute Gasteiger partial charge is 0.265 e. The van der Waals surface area contributed by atoms with Crippen molar-refractivity contribution in [1.82, 2.24) is 0 Å². The Kier molecular flexibility index (Phi) is 6.32. The molecule has 37 heavy (non-hydrogen) atoms. The van der Waals surface area contributed by atoms with Crippen molar-refractivity contribution in [2.24, 2.45) is 0 Å². The number of hydrogen-bond donors (Lipinski definition) is 0. The van der Waals surface area contributed by atoms with E-state index in [-0.39, 0.29) is 5.91 Å². The van der Waals surface area contributed by atoms with Crippen molar-refractivity contribution >= 4 is 29.1 Å². The molecule has 0 aromatic heterocycles. The highest BCUT2D eigenvalue weighted by Gasteiger charge is 2.51. The number of carbonyl (C=O) groups excluding carboxylic acids is 2. The molecule has 0 spiro atoms. The molecule has 5 nitrogen and oxygen atoms in total. The molecule has 4 aromatic carbocycles. The van der Waals surface area contributed by atoms with Crippen molar-refractivity contribution in [2.75, 3.05) is 4.90 Å². The minimum absolute atomic E-state index is 0.304. The third-order valence-corrected chi connectivity index (χ3v) is 6.97. The molecule has 1 aliphatic rings. The van der Waals surface area contributed by atoms with Crippen LogP contribution in [-0.2, 0) is 23.1 Å². The molecule has 0 atom stereocenters. The van der Waals surface area contributed by atoms with Crippen LogP contribution in [0.25, 0.3) is 0 Å². The third kappa shape index (κ3) is 4.38. The molecule has 1 heterocycles. The number of anilines is 1. The van der Waals surface area contributed by atoms with Crippen LogP contribution < -0.4 is 4.90 Å². The fraction of sp³-hybridized carbons (Fsp3) is 0.0968. The summed E-state index contributed by atoms with van der Waals surface area (Å²) in [6.45, 7) is 0. The van der Waals surface area contributed by atoms with Crippen LogP contribution in [0.15, 0.2) is 97.1 Å². The highest BCUT2D eigenvalue weighted by Crippen LogP contribution is 2.42. The predicted molar refractivity (Wildman–Crippen MR) is 141 cm³/mol. The Labute approximate surface area is 219 Å². The molecular weight excluding hydrogens is 482 g/mol. The van der Waals surface area contributed by atoms with Gasteiger partial charge in [-0.25, -0.2) is 4.90 Å². The first kappa shape index (κ1) is 24.0. The molecular formula is C31H20ClN3O2. The van der Waals surface area contributed by atoms with Crippen LogP contribution in [0.2, 0.25) is 5.02 Å². The van der Waals surface area contributed by atoms with Crippen LogP contribution >= 0.6 is 11.6 Å². The molecule has 0 fully saturated rings. The van der Waals surface area contributed by atoms with E-state index in [9.17, 15) is 20.1 Å². The highest BCUT2D eigenvalue weighted by molar-refractivity contribution is 6.32. The van der Waals surface area contributed by atoms with E-state index in [1.165, 1.54) is 4.90 Å². The van der Waals surface area contributed by atoms with Crippen LogP contribution in [0.1, 0.15) is 38.2 Å². The van der Waals surface area contributed by atoms with Gasteiger partial charge in [0.1, 0.15) is 0 Å². The quantitative estimate of drug-likeness (QED) is 0.314. The van der Waals surface area contributed by atoms with E-state index in [0.717, 1.165) is 11.1 Å². The van der Waals surface area contributed by atoms with Gasteiger partial charge in [-0.2, -0.15) is 10.5 Å². The van der Waals surface area contributed by atoms with E-state index in [1.54, 1.807) is 60.7 Å². The van der Waals surface area contributed by atoms with Gasteiger partial charge in [-0.1, -0.05) is 60.1 Å². The number of carbonyl (C=O) groups is 2. The molecule has 0 unspecified atom stereocenters. The number of amides is 2. The average molecular weight is 502 g/mol. The number of benzene rings is 4. The summed E-state index contributed by atoms with van der Waals surface area (Å²) in [5.74, 6) is -0.759. The van der Waals surface area contributed by atoms with Crippen LogP contribution in [-0.4, -0.2) is 11.8 Å². The summed E-state index contributed by atoms with van der Waals surface area (Å²) in [5, 5.41) is 18.9.